The van der Waals surface area contributed by atoms with Crippen molar-refractivity contribution in [2.75, 3.05) is 6.61 Å². The molecule has 2 N–H and O–H groups in total. The van der Waals surface area contributed by atoms with Crippen LogP contribution in [0.2, 0.25) is 10.0 Å². The normalized spacial score (nSPS) is 12.5. The van der Waals surface area contributed by atoms with Gasteiger partial charge in [-0.2, -0.15) is 0 Å². The maximum Gasteiger partial charge on any atom is 0.139 e. The number of rotatable bonds is 4. The Kier molecular flexibility index (Phi) is 5.37. The Hall–Kier alpha value is -0.260. The molecule has 0 saturated heterocycles. The van der Waals surface area contributed by atoms with Crippen LogP contribution in [0.4, 0.5) is 0 Å². The Morgan fingerprint density at radius 2 is 2.00 bits per heavy atom. The van der Waals surface area contributed by atoms with E-state index >= 15 is 0 Å². The van der Waals surface area contributed by atoms with Gasteiger partial charge in [-0.05, 0) is 53.0 Å². The second-order valence-corrected chi connectivity index (χ2v) is 7.54. The lowest BCUT2D eigenvalue weighted by Gasteiger charge is -2.15. The van der Waals surface area contributed by atoms with Gasteiger partial charge in [-0.3, -0.25) is 0 Å². The number of hydrogen-bond donors (Lipinski definition) is 1. The molecule has 1 aromatic carbocycles. The number of hydrogen-bond acceptors (Lipinski definition) is 3. The van der Waals surface area contributed by atoms with Crippen LogP contribution in [-0.2, 0) is 0 Å². The van der Waals surface area contributed by atoms with E-state index in [1.807, 2.05) is 13.8 Å². The molecule has 0 radical (unpaired) electrons. The summed E-state index contributed by atoms with van der Waals surface area (Å²) in [5.74, 6) is 0.582. The van der Waals surface area contributed by atoms with E-state index in [-0.39, 0.29) is 6.04 Å². The molecule has 2 aromatic rings. The molecular formula is C14H14BrCl2NOS. The van der Waals surface area contributed by atoms with Gasteiger partial charge in [0.2, 0.25) is 0 Å². The van der Waals surface area contributed by atoms with Gasteiger partial charge in [0.05, 0.1) is 21.5 Å². The first-order valence-corrected chi connectivity index (χ1v) is 8.43. The van der Waals surface area contributed by atoms with E-state index in [1.165, 1.54) is 0 Å². The summed E-state index contributed by atoms with van der Waals surface area (Å²) in [7, 11) is 0. The fourth-order valence-electron chi connectivity index (χ4n) is 1.84. The van der Waals surface area contributed by atoms with E-state index in [9.17, 15) is 0 Å². The first kappa shape index (κ1) is 16.1. The van der Waals surface area contributed by atoms with Gasteiger partial charge in [0.1, 0.15) is 5.75 Å². The van der Waals surface area contributed by atoms with Crippen molar-refractivity contribution in [2.24, 2.45) is 5.73 Å². The molecule has 0 saturated carbocycles. The molecule has 1 unspecified atom stereocenters. The summed E-state index contributed by atoms with van der Waals surface area (Å²) in [6, 6.07) is 5.26. The van der Waals surface area contributed by atoms with Gasteiger partial charge in [0.15, 0.2) is 0 Å². The summed E-state index contributed by atoms with van der Waals surface area (Å²) in [6.45, 7) is 4.47. The van der Waals surface area contributed by atoms with Crippen LogP contribution < -0.4 is 10.5 Å². The summed E-state index contributed by atoms with van der Waals surface area (Å²) >= 11 is 17.6. The Bertz CT molecular complexity index is 610. The first-order valence-electron chi connectivity index (χ1n) is 6.07. The van der Waals surface area contributed by atoms with E-state index in [0.29, 0.717) is 22.4 Å². The van der Waals surface area contributed by atoms with Crippen LogP contribution in [0.25, 0.3) is 0 Å². The third-order valence-corrected chi connectivity index (χ3v) is 5.71. The van der Waals surface area contributed by atoms with Crippen LogP contribution in [0.1, 0.15) is 29.0 Å². The fourth-order valence-corrected chi connectivity index (χ4v) is 3.93. The first-order chi connectivity index (χ1) is 9.43. The number of benzene rings is 1. The van der Waals surface area contributed by atoms with Crippen LogP contribution >= 0.6 is 50.5 Å². The Balaban J connectivity index is 2.39. The highest BCUT2D eigenvalue weighted by atomic mass is 79.9. The van der Waals surface area contributed by atoms with E-state index in [2.05, 4.69) is 22.0 Å². The fraction of sp³-hybridized carbons (Fsp3) is 0.286. The summed E-state index contributed by atoms with van der Waals surface area (Å²) in [6.07, 6.45) is 0. The second kappa shape index (κ2) is 6.67. The Labute approximate surface area is 141 Å². The van der Waals surface area contributed by atoms with Gasteiger partial charge in [-0.1, -0.05) is 23.2 Å². The molecule has 1 heterocycles. The zero-order chi connectivity index (χ0) is 14.9. The van der Waals surface area contributed by atoms with Crippen LogP contribution in [0.5, 0.6) is 5.75 Å². The molecule has 20 heavy (non-hydrogen) atoms. The minimum Gasteiger partial charge on any atom is -0.492 e. The van der Waals surface area contributed by atoms with Gasteiger partial charge in [-0.25, -0.2) is 0 Å². The predicted octanol–water partition coefficient (Wildman–Crippen LogP) is 5.57. The van der Waals surface area contributed by atoms with Crippen LogP contribution in [0.3, 0.4) is 0 Å². The van der Waals surface area contributed by atoms with Crippen LogP contribution in [0, 0.1) is 6.92 Å². The van der Waals surface area contributed by atoms with Crippen molar-refractivity contribution >= 4 is 50.5 Å². The van der Waals surface area contributed by atoms with Crippen molar-refractivity contribution < 1.29 is 4.74 Å². The smallest absolute Gasteiger partial charge is 0.139 e. The van der Waals surface area contributed by atoms with E-state index in [1.54, 1.807) is 23.5 Å². The highest BCUT2D eigenvalue weighted by Gasteiger charge is 2.18. The van der Waals surface area contributed by atoms with Gasteiger partial charge in [-0.15, -0.1) is 11.3 Å². The maximum absolute atomic E-state index is 6.30. The lowest BCUT2D eigenvalue weighted by Crippen LogP contribution is -2.11. The molecule has 0 fully saturated rings. The molecule has 0 spiro atoms. The summed E-state index contributed by atoms with van der Waals surface area (Å²) in [4.78, 5) is 1.04. The van der Waals surface area contributed by atoms with Crippen molar-refractivity contribution in [1.82, 2.24) is 0 Å². The molecular weight excluding hydrogens is 381 g/mol. The third-order valence-electron chi connectivity index (χ3n) is 2.87. The van der Waals surface area contributed by atoms with E-state index in [0.717, 1.165) is 19.8 Å². The minimum absolute atomic E-state index is 0.300. The highest BCUT2D eigenvalue weighted by molar-refractivity contribution is 9.11. The number of ether oxygens (including phenoxy) is 1. The number of aryl methyl sites for hydroxylation is 1. The van der Waals surface area contributed by atoms with E-state index in [4.69, 9.17) is 33.7 Å². The third kappa shape index (κ3) is 3.31. The molecule has 0 aliphatic rings. The SMILES string of the molecule is CCOc1cc(Cl)c(C(N)c2cc(C)c(Br)s2)cc1Cl. The van der Waals surface area contributed by atoms with Gasteiger partial charge >= 0.3 is 0 Å². The predicted molar refractivity (Wildman–Crippen MR) is 90.4 cm³/mol. The number of thiophene rings is 1. The molecule has 2 nitrogen and oxygen atoms in total. The molecule has 0 aliphatic heterocycles. The Morgan fingerprint density at radius 3 is 2.55 bits per heavy atom. The molecule has 0 bridgehead atoms. The summed E-state index contributed by atoms with van der Waals surface area (Å²) in [5, 5.41) is 1.08. The summed E-state index contributed by atoms with van der Waals surface area (Å²) < 4.78 is 6.50. The average molecular weight is 395 g/mol. The highest BCUT2D eigenvalue weighted by Crippen LogP contribution is 2.38. The van der Waals surface area contributed by atoms with Crippen molar-refractivity contribution in [3.63, 3.8) is 0 Å². The zero-order valence-corrected chi connectivity index (χ0v) is 15.0. The number of nitrogens with two attached hydrogens (primary N) is 1. The Morgan fingerprint density at radius 1 is 1.30 bits per heavy atom. The molecule has 2 rings (SSSR count). The zero-order valence-electron chi connectivity index (χ0n) is 11.0. The van der Waals surface area contributed by atoms with E-state index < -0.39 is 0 Å². The van der Waals surface area contributed by atoms with Gasteiger partial charge < -0.3 is 10.5 Å². The molecule has 108 valence electrons. The molecule has 6 heteroatoms. The number of halogens is 3. The topological polar surface area (TPSA) is 35.2 Å². The van der Waals surface area contributed by atoms with Crippen molar-refractivity contribution in [3.8, 4) is 5.75 Å². The van der Waals surface area contributed by atoms with Gasteiger partial charge in [0.25, 0.3) is 0 Å². The maximum atomic E-state index is 6.30. The average Bonchev–Trinajstić information content (AvgIpc) is 2.73. The molecule has 1 aromatic heterocycles. The quantitative estimate of drug-likeness (QED) is 0.735. The largest absolute Gasteiger partial charge is 0.492 e. The van der Waals surface area contributed by atoms with Gasteiger partial charge in [0, 0.05) is 16.0 Å². The van der Waals surface area contributed by atoms with Crippen LogP contribution in [-0.4, -0.2) is 6.61 Å². The lowest BCUT2D eigenvalue weighted by molar-refractivity contribution is 0.340. The van der Waals surface area contributed by atoms with Crippen LogP contribution in [0.15, 0.2) is 22.0 Å². The monoisotopic (exact) mass is 393 g/mol. The second-order valence-electron chi connectivity index (χ2n) is 4.32. The van der Waals surface area contributed by atoms with Crippen molar-refractivity contribution in [1.29, 1.82) is 0 Å². The standard InChI is InChI=1S/C14H14BrCl2NOS/c1-3-19-11-6-9(16)8(5-10(11)17)13(18)12-4-7(2)14(15)20-12/h4-6,13H,3,18H2,1-2H3. The summed E-state index contributed by atoms with van der Waals surface area (Å²) in [5.41, 5.74) is 8.26. The van der Waals surface area contributed by atoms with Crippen molar-refractivity contribution in [3.05, 3.63) is 48.0 Å². The lowest BCUT2D eigenvalue weighted by atomic mass is 10.1. The molecule has 0 amide bonds. The van der Waals surface area contributed by atoms with Crippen molar-refractivity contribution in [2.45, 2.75) is 19.9 Å². The molecule has 0 aliphatic carbocycles. The minimum atomic E-state index is -0.300. The molecule has 1 atom stereocenters.